The molecule has 2 rings (SSSR count). The van der Waals surface area contributed by atoms with Gasteiger partial charge in [-0.05, 0) is 29.0 Å². The maximum Gasteiger partial charge on any atom is 0.414 e. The van der Waals surface area contributed by atoms with Crippen molar-refractivity contribution in [1.29, 1.82) is 0 Å². The zero-order valence-electron chi connectivity index (χ0n) is 11.1. The van der Waals surface area contributed by atoms with E-state index in [2.05, 4.69) is 44.2 Å². The number of aliphatic carboxylic acids is 2. The Labute approximate surface area is 129 Å². The lowest BCUT2D eigenvalue weighted by atomic mass is 10.3. The summed E-state index contributed by atoms with van der Waals surface area (Å²) in [7, 11) is 2.19. The fraction of sp³-hybridized carbons (Fsp3) is 0.500. The molecule has 1 saturated heterocycles. The van der Waals surface area contributed by atoms with Gasteiger partial charge in [-0.15, -0.1) is 11.3 Å². The van der Waals surface area contributed by atoms with Crippen LogP contribution < -0.4 is 0 Å². The Hall–Kier alpha value is -0.960. The molecule has 1 aliphatic heterocycles. The second kappa shape index (κ2) is 8.35. The minimum Gasteiger partial charge on any atom is -0.473 e. The monoisotopic (exact) mass is 364 g/mol. The molecule has 0 saturated carbocycles. The van der Waals surface area contributed by atoms with Gasteiger partial charge in [-0.2, -0.15) is 0 Å². The fourth-order valence-electron chi connectivity index (χ4n) is 1.66. The van der Waals surface area contributed by atoms with Crippen molar-refractivity contribution in [1.82, 2.24) is 9.80 Å². The van der Waals surface area contributed by atoms with Crippen molar-refractivity contribution in [2.24, 2.45) is 0 Å². The Bertz CT molecular complexity index is 446. The van der Waals surface area contributed by atoms with Crippen molar-refractivity contribution in [2.75, 3.05) is 33.2 Å². The van der Waals surface area contributed by atoms with Crippen LogP contribution in [0.15, 0.2) is 15.9 Å². The molecule has 8 heteroatoms. The van der Waals surface area contributed by atoms with Crippen LogP contribution in [0.5, 0.6) is 0 Å². The molecular weight excluding hydrogens is 348 g/mol. The van der Waals surface area contributed by atoms with Crippen molar-refractivity contribution < 1.29 is 19.8 Å². The molecule has 1 fully saturated rings. The van der Waals surface area contributed by atoms with Gasteiger partial charge in [-0.3, -0.25) is 4.90 Å². The van der Waals surface area contributed by atoms with E-state index in [0.717, 1.165) is 6.54 Å². The van der Waals surface area contributed by atoms with Gasteiger partial charge in [-0.1, -0.05) is 0 Å². The quantitative estimate of drug-likeness (QED) is 0.772. The summed E-state index contributed by atoms with van der Waals surface area (Å²) in [6.45, 7) is 5.92. The molecule has 0 spiro atoms. The number of likely N-dealkylation sites (N-methyl/N-ethyl adjacent to an activating group) is 1. The van der Waals surface area contributed by atoms with Gasteiger partial charge >= 0.3 is 11.9 Å². The molecular formula is C12H17BrN2O4S. The number of hydrogen-bond donors (Lipinski definition) is 2. The SMILES string of the molecule is CN1CCN(Cc2cc(Br)cs2)CC1.O=C(O)C(=O)O. The first-order valence-corrected chi connectivity index (χ1v) is 7.65. The Balaban J connectivity index is 0.000000286. The van der Waals surface area contributed by atoms with Gasteiger partial charge in [0.15, 0.2) is 0 Å². The predicted octanol–water partition coefficient (Wildman–Crippen LogP) is 1.41. The van der Waals surface area contributed by atoms with Crippen molar-refractivity contribution in [2.45, 2.75) is 6.54 Å². The van der Waals surface area contributed by atoms with Gasteiger partial charge in [0.25, 0.3) is 0 Å². The highest BCUT2D eigenvalue weighted by molar-refractivity contribution is 9.10. The molecule has 112 valence electrons. The third-order valence-electron chi connectivity index (χ3n) is 2.78. The van der Waals surface area contributed by atoms with Gasteiger partial charge < -0.3 is 15.1 Å². The van der Waals surface area contributed by atoms with E-state index < -0.39 is 11.9 Å². The van der Waals surface area contributed by atoms with Crippen LogP contribution in [0, 0.1) is 0 Å². The summed E-state index contributed by atoms with van der Waals surface area (Å²) in [6, 6.07) is 2.23. The van der Waals surface area contributed by atoms with E-state index in [4.69, 9.17) is 19.8 Å². The van der Waals surface area contributed by atoms with E-state index in [1.54, 1.807) is 0 Å². The van der Waals surface area contributed by atoms with Gasteiger partial charge in [-0.25, -0.2) is 9.59 Å². The number of carbonyl (C=O) groups is 2. The third-order valence-corrected chi connectivity index (χ3v) is 4.46. The summed E-state index contributed by atoms with van der Waals surface area (Å²) in [6.07, 6.45) is 0. The van der Waals surface area contributed by atoms with E-state index in [0.29, 0.717) is 0 Å². The van der Waals surface area contributed by atoms with E-state index in [1.165, 1.54) is 35.5 Å². The third kappa shape index (κ3) is 6.47. The average molecular weight is 365 g/mol. The Morgan fingerprint density at radius 2 is 1.80 bits per heavy atom. The van der Waals surface area contributed by atoms with Crippen LogP contribution >= 0.6 is 27.3 Å². The summed E-state index contributed by atoms with van der Waals surface area (Å²) < 4.78 is 1.21. The summed E-state index contributed by atoms with van der Waals surface area (Å²) >= 11 is 5.33. The Morgan fingerprint density at radius 1 is 1.25 bits per heavy atom. The van der Waals surface area contributed by atoms with Crippen LogP contribution in [0.2, 0.25) is 0 Å². The van der Waals surface area contributed by atoms with Crippen molar-refractivity contribution in [3.05, 3.63) is 20.8 Å². The highest BCUT2D eigenvalue weighted by Gasteiger charge is 2.14. The van der Waals surface area contributed by atoms with Gasteiger partial charge in [0, 0.05) is 47.5 Å². The molecule has 0 bridgehead atoms. The van der Waals surface area contributed by atoms with Crippen LogP contribution in [-0.4, -0.2) is 65.2 Å². The smallest absolute Gasteiger partial charge is 0.414 e. The standard InChI is InChI=1S/C10H15BrN2S.C2H2O4/c1-12-2-4-13(5-3-12)7-10-6-9(11)8-14-10;3-1(4)2(5)6/h6,8H,2-5,7H2,1H3;(H,3,4)(H,5,6). The number of carboxylic acid groups (broad SMARTS) is 2. The van der Waals surface area contributed by atoms with Gasteiger partial charge in [0.1, 0.15) is 0 Å². The molecule has 1 aromatic rings. The molecule has 0 aliphatic carbocycles. The molecule has 0 aromatic carbocycles. The lowest BCUT2D eigenvalue weighted by Crippen LogP contribution is -2.43. The maximum atomic E-state index is 9.10. The fourth-order valence-corrected chi connectivity index (χ4v) is 3.16. The number of hydrogen-bond acceptors (Lipinski definition) is 5. The minimum absolute atomic E-state index is 1.12. The first kappa shape index (κ1) is 17.1. The van der Waals surface area contributed by atoms with Crippen molar-refractivity contribution in [3.8, 4) is 0 Å². The second-order valence-electron chi connectivity index (χ2n) is 4.42. The number of halogens is 1. The lowest BCUT2D eigenvalue weighted by molar-refractivity contribution is -0.159. The summed E-state index contributed by atoms with van der Waals surface area (Å²) in [5, 5.41) is 16.9. The van der Waals surface area contributed by atoms with Crippen molar-refractivity contribution in [3.63, 3.8) is 0 Å². The second-order valence-corrected chi connectivity index (χ2v) is 6.33. The predicted molar refractivity (Wildman–Crippen MR) is 80.1 cm³/mol. The molecule has 0 atom stereocenters. The first-order valence-electron chi connectivity index (χ1n) is 5.98. The van der Waals surface area contributed by atoms with Gasteiger partial charge in [0.05, 0.1) is 0 Å². The van der Waals surface area contributed by atoms with Gasteiger partial charge in [0.2, 0.25) is 0 Å². The molecule has 6 nitrogen and oxygen atoms in total. The minimum atomic E-state index is -1.82. The maximum absolute atomic E-state index is 9.10. The normalized spacial score (nSPS) is 16.3. The molecule has 2 heterocycles. The molecule has 0 unspecified atom stereocenters. The Morgan fingerprint density at radius 3 is 2.20 bits per heavy atom. The van der Waals surface area contributed by atoms with E-state index in [-0.39, 0.29) is 0 Å². The molecule has 1 aliphatic rings. The highest BCUT2D eigenvalue weighted by atomic mass is 79.9. The van der Waals surface area contributed by atoms with E-state index in [1.807, 2.05) is 11.3 Å². The number of thiophene rings is 1. The first-order chi connectivity index (χ1) is 9.38. The molecule has 0 amide bonds. The topological polar surface area (TPSA) is 81.1 Å². The molecule has 1 aromatic heterocycles. The van der Waals surface area contributed by atoms with E-state index in [9.17, 15) is 0 Å². The summed E-state index contributed by atoms with van der Waals surface area (Å²) in [5.41, 5.74) is 0. The molecule has 0 radical (unpaired) electrons. The van der Waals surface area contributed by atoms with Crippen LogP contribution in [0.3, 0.4) is 0 Å². The summed E-state index contributed by atoms with van der Waals surface area (Å²) in [5.74, 6) is -3.65. The Kier molecular flexibility index (Phi) is 7.14. The molecule has 2 N–H and O–H groups in total. The number of carboxylic acids is 2. The van der Waals surface area contributed by atoms with E-state index >= 15 is 0 Å². The largest absolute Gasteiger partial charge is 0.473 e. The number of nitrogens with zero attached hydrogens (tertiary/aromatic N) is 2. The average Bonchev–Trinajstić information content (AvgIpc) is 2.78. The highest BCUT2D eigenvalue weighted by Crippen LogP contribution is 2.21. The lowest BCUT2D eigenvalue weighted by Gasteiger charge is -2.31. The zero-order valence-corrected chi connectivity index (χ0v) is 13.5. The number of rotatable bonds is 2. The molecule has 20 heavy (non-hydrogen) atoms. The van der Waals surface area contributed by atoms with Crippen molar-refractivity contribution >= 4 is 39.2 Å². The van der Waals surface area contributed by atoms with Crippen LogP contribution in [0.1, 0.15) is 4.88 Å². The zero-order chi connectivity index (χ0) is 15.1. The van der Waals surface area contributed by atoms with Crippen LogP contribution in [-0.2, 0) is 16.1 Å². The number of piperazine rings is 1. The summed E-state index contributed by atoms with van der Waals surface area (Å²) in [4.78, 5) is 24.6. The van der Waals surface area contributed by atoms with Crippen LogP contribution in [0.25, 0.3) is 0 Å². The van der Waals surface area contributed by atoms with Crippen LogP contribution in [0.4, 0.5) is 0 Å².